The first kappa shape index (κ1) is 30.7. The zero-order chi connectivity index (χ0) is 20.3. The molecule has 5 heteroatoms. The van der Waals surface area contributed by atoms with Gasteiger partial charge in [-0.3, -0.25) is 0 Å². The van der Waals surface area contributed by atoms with E-state index in [9.17, 15) is 0 Å². The maximum atomic E-state index is 2.65. The van der Waals surface area contributed by atoms with Crippen molar-refractivity contribution in [3.8, 4) is 0 Å². The minimum atomic E-state index is -1.79. The summed E-state index contributed by atoms with van der Waals surface area (Å²) >= 11 is 2.39. The van der Waals surface area contributed by atoms with E-state index >= 15 is 0 Å². The molecule has 0 spiro atoms. The maximum absolute atomic E-state index is 2.65. The zero-order valence-electron chi connectivity index (χ0n) is 19.3. The topological polar surface area (TPSA) is 0 Å². The normalized spacial score (nSPS) is 14.7. The molecule has 1 aliphatic rings. The van der Waals surface area contributed by atoms with E-state index in [1.54, 1.807) is 19.8 Å². The number of halogens is 3. The van der Waals surface area contributed by atoms with Crippen LogP contribution in [-0.4, -0.2) is 8.07 Å². The predicted octanol–water partition coefficient (Wildman–Crippen LogP) is -2.38. The molecule has 0 radical (unpaired) electrons. The molecule has 3 rings (SSSR count). The van der Waals surface area contributed by atoms with Crippen molar-refractivity contribution in [2.45, 2.75) is 66.0 Å². The van der Waals surface area contributed by atoms with Gasteiger partial charge in [-0.05, 0) is 0 Å². The molecule has 0 fully saturated rings. The van der Waals surface area contributed by atoms with Gasteiger partial charge in [-0.2, -0.15) is 0 Å². The van der Waals surface area contributed by atoms with E-state index in [1.165, 1.54) is 41.1 Å². The Balaban J connectivity index is 0.00000300. The van der Waals surface area contributed by atoms with Crippen LogP contribution in [0.2, 0.25) is 12.6 Å². The molecule has 0 aromatic heterocycles. The summed E-state index contributed by atoms with van der Waals surface area (Å²) in [5.41, 5.74) is 7.45. The van der Waals surface area contributed by atoms with E-state index in [2.05, 4.69) is 103 Å². The third-order valence-corrected chi connectivity index (χ3v) is 12.3. The van der Waals surface area contributed by atoms with Crippen molar-refractivity contribution >= 4 is 13.3 Å². The van der Waals surface area contributed by atoms with Gasteiger partial charge in [0.15, 0.2) is 0 Å². The van der Waals surface area contributed by atoms with Crippen molar-refractivity contribution in [3.05, 3.63) is 85.4 Å². The van der Waals surface area contributed by atoms with E-state index in [4.69, 9.17) is 0 Å². The van der Waals surface area contributed by atoms with Crippen LogP contribution in [0.5, 0.6) is 0 Å². The van der Waals surface area contributed by atoms with Crippen LogP contribution < -0.4 is 42.4 Å². The number of hydrogen-bond donors (Lipinski definition) is 0. The molecule has 0 nitrogen and oxygen atoms in total. The molecule has 0 amide bonds. The molecule has 2 aromatic carbocycles. The van der Waals surface area contributed by atoms with Crippen LogP contribution in [-0.2, 0) is 26.9 Å². The number of aryl methyl sites for hydroxylation is 3. The second-order valence-electron chi connectivity index (χ2n) is 8.66. The molecular weight excluding hydrogens is 495 g/mol. The van der Waals surface area contributed by atoms with Crippen LogP contribution in [0.15, 0.2) is 63.2 Å². The zero-order valence-corrected chi connectivity index (χ0v) is 24.1. The van der Waals surface area contributed by atoms with Crippen LogP contribution in [0.25, 0.3) is 0 Å². The molecular formula is C26H33Cl3SiTi. The number of unbranched alkanes of at least 4 members (excludes halogenated alkanes) is 1. The SMILES string of the molecule is CCCC[Si](C)(C1=[C]([Ti+3])CC=C1Cc1ccccc1)c1c(C)cc(C)cc1C.[Cl-].[Cl-].[Cl-]. The summed E-state index contributed by atoms with van der Waals surface area (Å²) < 4.78 is 1.62. The maximum Gasteiger partial charge on any atom is -1.00 e. The number of allylic oxidation sites excluding steroid dienone is 4. The quantitative estimate of drug-likeness (QED) is 0.353. The van der Waals surface area contributed by atoms with Crippen LogP contribution >= 0.6 is 0 Å². The summed E-state index contributed by atoms with van der Waals surface area (Å²) in [6.45, 7) is 11.9. The fourth-order valence-corrected chi connectivity index (χ4v) is 12.3. The largest absolute Gasteiger partial charge is 1.00 e. The van der Waals surface area contributed by atoms with Gasteiger partial charge in [0.1, 0.15) is 0 Å². The predicted molar refractivity (Wildman–Crippen MR) is 121 cm³/mol. The third-order valence-electron chi connectivity index (χ3n) is 6.22. The average molecular weight is 528 g/mol. The average Bonchev–Trinajstić information content (AvgIpc) is 3.01. The smallest absolute Gasteiger partial charge is 1.00 e. The molecule has 2 aromatic rings. The first-order chi connectivity index (χ1) is 13.4. The number of benzene rings is 2. The molecule has 166 valence electrons. The molecule has 0 bridgehead atoms. The Morgan fingerprint density at radius 2 is 1.52 bits per heavy atom. The van der Waals surface area contributed by atoms with Gasteiger partial charge in [-0.15, -0.1) is 0 Å². The van der Waals surface area contributed by atoms with Gasteiger partial charge in [-0.25, -0.2) is 0 Å². The van der Waals surface area contributed by atoms with E-state index in [0.29, 0.717) is 0 Å². The van der Waals surface area contributed by atoms with Crippen LogP contribution in [0.4, 0.5) is 0 Å². The first-order valence-electron chi connectivity index (χ1n) is 10.6. The fourth-order valence-electron chi connectivity index (χ4n) is 5.24. The second kappa shape index (κ2) is 13.4. The summed E-state index contributed by atoms with van der Waals surface area (Å²) in [4.78, 5) is 0. The van der Waals surface area contributed by atoms with E-state index in [1.807, 2.05) is 0 Å². The summed E-state index contributed by atoms with van der Waals surface area (Å²) in [7, 11) is -1.79. The molecule has 0 saturated heterocycles. The minimum Gasteiger partial charge on any atom is -1.00 e. The summed E-state index contributed by atoms with van der Waals surface area (Å²) in [5, 5.41) is 3.45. The van der Waals surface area contributed by atoms with Crippen molar-refractivity contribution in [1.29, 1.82) is 0 Å². The van der Waals surface area contributed by atoms with Crippen LogP contribution in [0.3, 0.4) is 0 Å². The molecule has 1 atom stereocenters. The number of rotatable bonds is 7. The minimum absolute atomic E-state index is 0. The van der Waals surface area contributed by atoms with Gasteiger partial charge >= 0.3 is 185 Å². The van der Waals surface area contributed by atoms with Gasteiger partial charge in [0, 0.05) is 0 Å². The van der Waals surface area contributed by atoms with E-state index in [-0.39, 0.29) is 37.2 Å². The molecule has 31 heavy (non-hydrogen) atoms. The van der Waals surface area contributed by atoms with Crippen molar-refractivity contribution in [3.63, 3.8) is 0 Å². The molecule has 0 saturated carbocycles. The summed E-state index contributed by atoms with van der Waals surface area (Å²) in [6.07, 6.45) is 7.33. The van der Waals surface area contributed by atoms with Gasteiger partial charge in [-0.1, -0.05) is 0 Å². The van der Waals surface area contributed by atoms with E-state index in [0.717, 1.165) is 12.8 Å². The first-order valence-corrected chi connectivity index (χ1v) is 14.1. The Morgan fingerprint density at radius 3 is 2.06 bits per heavy atom. The van der Waals surface area contributed by atoms with Crippen molar-refractivity contribution in [2.24, 2.45) is 0 Å². The second-order valence-corrected chi connectivity index (χ2v) is 13.8. The van der Waals surface area contributed by atoms with Crippen LogP contribution in [0.1, 0.15) is 48.4 Å². The van der Waals surface area contributed by atoms with Crippen molar-refractivity contribution in [2.75, 3.05) is 0 Å². The molecule has 0 heterocycles. The van der Waals surface area contributed by atoms with Gasteiger partial charge in [0.05, 0.1) is 0 Å². The van der Waals surface area contributed by atoms with E-state index < -0.39 is 8.07 Å². The Kier molecular flexibility index (Phi) is 13.3. The van der Waals surface area contributed by atoms with Gasteiger partial charge in [0.25, 0.3) is 0 Å². The van der Waals surface area contributed by atoms with Crippen molar-refractivity contribution < 1.29 is 57.7 Å². The molecule has 0 aliphatic heterocycles. The molecule has 1 aliphatic carbocycles. The summed E-state index contributed by atoms with van der Waals surface area (Å²) in [5.74, 6) is 0. The van der Waals surface area contributed by atoms with Crippen molar-refractivity contribution in [1.82, 2.24) is 0 Å². The molecule has 1 unspecified atom stereocenters. The monoisotopic (exact) mass is 526 g/mol. The molecule has 0 N–H and O–H groups in total. The Hall–Kier alpha value is -0.279. The standard InChI is InChI=1S/C26H33Si.3ClH.Ti/c1-6-7-16-27(5,26-21(3)17-20(2)18-22(26)4)25-15-11-14-24(25)19-23-12-9-8-10-13-23;;;;/h8-10,12-14,17-18H,6-7,11,16,19H2,1-5H3;3*1H;/q;;;;+3/p-3. The third kappa shape index (κ3) is 6.86. The fraction of sp³-hybridized carbons (Fsp3) is 0.385. The number of hydrogen-bond acceptors (Lipinski definition) is 0. The Labute approximate surface area is 221 Å². The summed E-state index contributed by atoms with van der Waals surface area (Å²) in [6, 6.07) is 17.2. The van der Waals surface area contributed by atoms with Crippen LogP contribution in [0, 0.1) is 20.8 Å². The van der Waals surface area contributed by atoms with Gasteiger partial charge < -0.3 is 37.2 Å². The van der Waals surface area contributed by atoms with Gasteiger partial charge in [0.2, 0.25) is 0 Å². The Bertz CT molecular complexity index is 898. The Morgan fingerprint density at radius 1 is 0.935 bits per heavy atom.